The number of hydrogen-bond acceptors (Lipinski definition) is 3. The Morgan fingerprint density at radius 3 is 2.79 bits per heavy atom. The van der Waals surface area contributed by atoms with E-state index in [-0.39, 0.29) is 24.0 Å². The second-order valence-electron chi connectivity index (χ2n) is 5.94. The minimum Gasteiger partial charge on any atom is -0.486 e. The first kappa shape index (κ1) is 19.4. The molecule has 1 aliphatic heterocycles. The van der Waals surface area contributed by atoms with Crippen LogP contribution in [0.3, 0.4) is 0 Å². The zero-order valence-corrected chi connectivity index (χ0v) is 17.0. The summed E-state index contributed by atoms with van der Waals surface area (Å²) in [5, 5.41) is 7.27. The van der Waals surface area contributed by atoms with Gasteiger partial charge in [0.05, 0.1) is 5.02 Å². The van der Waals surface area contributed by atoms with Crippen molar-refractivity contribution in [2.45, 2.75) is 26.2 Å². The topological polar surface area (TPSA) is 54.9 Å². The summed E-state index contributed by atoms with van der Waals surface area (Å²) in [6.45, 7) is 5.79. The number of nitrogens with one attached hydrogen (secondary N) is 2. The van der Waals surface area contributed by atoms with Crippen LogP contribution in [0.15, 0.2) is 17.1 Å². The predicted octanol–water partition coefficient (Wildman–Crippen LogP) is 3.24. The van der Waals surface area contributed by atoms with E-state index in [0.29, 0.717) is 24.0 Å². The van der Waals surface area contributed by atoms with E-state index in [1.807, 2.05) is 12.1 Å². The molecule has 1 heterocycles. The number of aliphatic imine (C=N–C) groups is 1. The molecule has 1 aromatic rings. The molecular weight excluding hydrogens is 441 g/mol. The monoisotopic (exact) mass is 465 g/mol. The van der Waals surface area contributed by atoms with Crippen LogP contribution in [0.2, 0.25) is 5.02 Å². The summed E-state index contributed by atoms with van der Waals surface area (Å²) in [5.74, 6) is 3.09. The Morgan fingerprint density at radius 2 is 2.04 bits per heavy atom. The van der Waals surface area contributed by atoms with Gasteiger partial charge < -0.3 is 20.1 Å². The van der Waals surface area contributed by atoms with Gasteiger partial charge in [0.2, 0.25) is 0 Å². The normalized spacial score (nSPS) is 16.3. The fraction of sp³-hybridized carbons (Fsp3) is 0.588. The van der Waals surface area contributed by atoms with E-state index in [1.54, 1.807) is 0 Å². The van der Waals surface area contributed by atoms with Gasteiger partial charge in [-0.3, -0.25) is 4.99 Å². The molecule has 7 heteroatoms. The summed E-state index contributed by atoms with van der Waals surface area (Å²) in [6.07, 6.45) is 3.49. The molecule has 1 aromatic carbocycles. The summed E-state index contributed by atoms with van der Waals surface area (Å²) in [7, 11) is 0. The lowest BCUT2D eigenvalue weighted by Gasteiger charge is -2.20. The maximum absolute atomic E-state index is 6.27. The van der Waals surface area contributed by atoms with Crippen molar-refractivity contribution in [1.82, 2.24) is 10.6 Å². The van der Waals surface area contributed by atoms with E-state index in [0.717, 1.165) is 49.2 Å². The minimum absolute atomic E-state index is 0. The molecule has 1 fully saturated rings. The third-order valence-corrected chi connectivity index (χ3v) is 4.19. The van der Waals surface area contributed by atoms with Crippen LogP contribution in [-0.4, -0.2) is 38.8 Å². The predicted molar refractivity (Wildman–Crippen MR) is 108 cm³/mol. The molecule has 1 saturated carbocycles. The van der Waals surface area contributed by atoms with Crippen molar-refractivity contribution in [3.8, 4) is 11.5 Å². The number of hydrogen-bond donors (Lipinski definition) is 2. The van der Waals surface area contributed by atoms with Crippen molar-refractivity contribution >= 4 is 41.5 Å². The van der Waals surface area contributed by atoms with E-state index in [4.69, 9.17) is 21.1 Å². The van der Waals surface area contributed by atoms with E-state index in [2.05, 4.69) is 22.5 Å². The number of guanidine groups is 1. The highest BCUT2D eigenvalue weighted by Gasteiger charge is 2.20. The Kier molecular flexibility index (Phi) is 7.74. The molecule has 0 spiro atoms. The van der Waals surface area contributed by atoms with Crippen LogP contribution in [0, 0.1) is 5.92 Å². The van der Waals surface area contributed by atoms with Crippen molar-refractivity contribution in [3.63, 3.8) is 0 Å². The average molecular weight is 466 g/mol. The van der Waals surface area contributed by atoms with Crippen molar-refractivity contribution < 1.29 is 9.47 Å². The lowest BCUT2D eigenvalue weighted by Crippen LogP contribution is -2.38. The zero-order valence-electron chi connectivity index (χ0n) is 13.9. The van der Waals surface area contributed by atoms with E-state index < -0.39 is 0 Å². The number of ether oxygens (including phenoxy) is 2. The summed E-state index contributed by atoms with van der Waals surface area (Å²) in [4.78, 5) is 4.62. The molecule has 0 bridgehead atoms. The molecule has 2 N–H and O–H groups in total. The Balaban J connectivity index is 0.00000208. The van der Waals surface area contributed by atoms with Crippen LogP contribution in [0.25, 0.3) is 0 Å². The first-order valence-corrected chi connectivity index (χ1v) is 8.74. The molecule has 0 aromatic heterocycles. The smallest absolute Gasteiger partial charge is 0.191 e. The molecule has 2 aliphatic rings. The highest BCUT2D eigenvalue weighted by atomic mass is 127. The summed E-state index contributed by atoms with van der Waals surface area (Å²) in [6, 6.07) is 3.96. The molecule has 134 valence electrons. The third-order valence-electron chi connectivity index (χ3n) is 3.91. The van der Waals surface area contributed by atoms with Gasteiger partial charge in [-0.05, 0) is 49.8 Å². The first-order chi connectivity index (χ1) is 11.3. The maximum atomic E-state index is 6.27. The molecule has 0 atom stereocenters. The Labute approximate surface area is 165 Å². The molecule has 3 rings (SSSR count). The number of rotatable bonds is 6. The quantitative estimate of drug-likeness (QED) is 0.385. The number of fused-ring (bicyclic) bond motifs is 1. The molecule has 0 unspecified atom stereocenters. The van der Waals surface area contributed by atoms with Gasteiger partial charge in [-0.2, -0.15) is 0 Å². The lowest BCUT2D eigenvalue weighted by atomic mass is 10.1. The van der Waals surface area contributed by atoms with Gasteiger partial charge in [0, 0.05) is 19.6 Å². The standard InChI is InChI=1S/C17H24ClN3O2.HI/c1-2-19-17(21-11-12-3-4-12)20-6-5-13-9-14(18)16-15(10-13)22-7-8-23-16;/h9-10,12H,2-8,11H2,1H3,(H2,19,20,21);1H. The number of halogens is 2. The van der Waals surface area contributed by atoms with Crippen LogP contribution in [-0.2, 0) is 6.42 Å². The fourth-order valence-corrected chi connectivity index (χ4v) is 2.78. The molecule has 0 saturated heterocycles. The van der Waals surface area contributed by atoms with E-state index in [9.17, 15) is 0 Å². The van der Waals surface area contributed by atoms with Crippen LogP contribution in [0.5, 0.6) is 11.5 Å². The Bertz CT molecular complexity index is 579. The average Bonchev–Trinajstić information content (AvgIpc) is 3.37. The molecular formula is C17H25ClIN3O2. The first-order valence-electron chi connectivity index (χ1n) is 8.36. The molecule has 24 heavy (non-hydrogen) atoms. The van der Waals surface area contributed by atoms with Crippen LogP contribution in [0.4, 0.5) is 0 Å². The highest BCUT2D eigenvalue weighted by molar-refractivity contribution is 14.0. The van der Waals surface area contributed by atoms with Crippen molar-refractivity contribution in [2.24, 2.45) is 10.9 Å². The van der Waals surface area contributed by atoms with Gasteiger partial charge in [-0.15, -0.1) is 24.0 Å². The molecule has 0 amide bonds. The van der Waals surface area contributed by atoms with Crippen molar-refractivity contribution in [1.29, 1.82) is 0 Å². The summed E-state index contributed by atoms with van der Waals surface area (Å²) >= 11 is 6.27. The van der Waals surface area contributed by atoms with Crippen molar-refractivity contribution in [3.05, 3.63) is 22.7 Å². The van der Waals surface area contributed by atoms with Crippen LogP contribution >= 0.6 is 35.6 Å². The second kappa shape index (κ2) is 9.56. The van der Waals surface area contributed by atoms with Gasteiger partial charge in [0.15, 0.2) is 17.5 Å². The fourth-order valence-electron chi connectivity index (χ4n) is 2.50. The lowest BCUT2D eigenvalue weighted by molar-refractivity contribution is 0.171. The summed E-state index contributed by atoms with van der Waals surface area (Å²) < 4.78 is 11.2. The Morgan fingerprint density at radius 1 is 1.25 bits per heavy atom. The van der Waals surface area contributed by atoms with Gasteiger partial charge in [0.1, 0.15) is 13.2 Å². The van der Waals surface area contributed by atoms with Gasteiger partial charge in [-0.25, -0.2) is 0 Å². The minimum atomic E-state index is 0. The van der Waals surface area contributed by atoms with Gasteiger partial charge in [0.25, 0.3) is 0 Å². The molecule has 0 radical (unpaired) electrons. The third kappa shape index (κ3) is 5.58. The number of benzene rings is 1. The largest absolute Gasteiger partial charge is 0.486 e. The van der Waals surface area contributed by atoms with Crippen LogP contribution < -0.4 is 20.1 Å². The zero-order chi connectivity index (χ0) is 16.1. The molecule has 1 aliphatic carbocycles. The number of nitrogens with zero attached hydrogens (tertiary/aromatic N) is 1. The van der Waals surface area contributed by atoms with Gasteiger partial charge >= 0.3 is 0 Å². The SMILES string of the molecule is CCNC(=NCC1CC1)NCCc1cc(Cl)c2c(c1)OCCO2.I. The van der Waals surface area contributed by atoms with Crippen molar-refractivity contribution in [2.75, 3.05) is 32.8 Å². The second-order valence-corrected chi connectivity index (χ2v) is 6.35. The summed E-state index contributed by atoms with van der Waals surface area (Å²) in [5.41, 5.74) is 1.13. The van der Waals surface area contributed by atoms with Crippen LogP contribution in [0.1, 0.15) is 25.3 Å². The highest BCUT2D eigenvalue weighted by Crippen LogP contribution is 2.38. The molecule has 5 nitrogen and oxygen atoms in total. The Hall–Kier alpha value is -0.890. The van der Waals surface area contributed by atoms with Gasteiger partial charge in [-0.1, -0.05) is 11.6 Å². The van der Waals surface area contributed by atoms with E-state index in [1.165, 1.54) is 12.8 Å². The maximum Gasteiger partial charge on any atom is 0.191 e. The van der Waals surface area contributed by atoms with E-state index >= 15 is 0 Å².